The Kier molecular flexibility index (Phi) is 5.30. The minimum Gasteiger partial charge on any atom is -0.340 e. The molecule has 2 aromatic rings. The lowest BCUT2D eigenvalue weighted by molar-refractivity contribution is -0.133. The summed E-state index contributed by atoms with van der Waals surface area (Å²) in [5.74, 6) is 1.21. The number of hydrogen-bond acceptors (Lipinski definition) is 3. The van der Waals surface area contributed by atoms with Crippen LogP contribution in [0.5, 0.6) is 0 Å². The van der Waals surface area contributed by atoms with E-state index in [0.29, 0.717) is 13.0 Å². The Morgan fingerprint density at radius 1 is 1.17 bits per heavy atom. The first kappa shape index (κ1) is 16.7. The van der Waals surface area contributed by atoms with Crippen molar-refractivity contribution in [3.8, 4) is 0 Å². The van der Waals surface area contributed by atoms with Gasteiger partial charge < -0.3 is 9.47 Å². The highest BCUT2D eigenvalue weighted by Gasteiger charge is 2.21. The molecule has 0 atom stereocenters. The van der Waals surface area contributed by atoms with E-state index in [1.54, 1.807) is 6.20 Å². The minimum atomic E-state index is 0.248. The number of carbonyl (C=O) groups excluding carboxylic acids is 1. The maximum absolute atomic E-state index is 12.4. The van der Waals surface area contributed by atoms with Crippen LogP contribution in [0.15, 0.2) is 36.7 Å². The Labute approximate surface area is 143 Å². The maximum Gasteiger partial charge on any atom is 0.224 e. The average molecular weight is 326 g/mol. The second-order valence-corrected chi connectivity index (χ2v) is 6.56. The molecule has 1 aliphatic heterocycles. The van der Waals surface area contributed by atoms with Crippen molar-refractivity contribution < 1.29 is 4.79 Å². The average Bonchev–Trinajstić information content (AvgIpc) is 2.98. The highest BCUT2D eigenvalue weighted by molar-refractivity contribution is 5.76. The number of rotatable bonds is 5. The van der Waals surface area contributed by atoms with Crippen LogP contribution in [0.3, 0.4) is 0 Å². The van der Waals surface area contributed by atoms with Crippen LogP contribution in [0, 0.1) is 13.8 Å². The molecule has 1 aliphatic rings. The molecule has 0 aliphatic carbocycles. The Bertz CT molecular complexity index is 686. The molecule has 0 radical (unpaired) electrons. The Hall–Kier alpha value is -2.14. The summed E-state index contributed by atoms with van der Waals surface area (Å²) in [7, 11) is 0. The summed E-state index contributed by atoms with van der Waals surface area (Å²) in [5.41, 5.74) is 2.65. The van der Waals surface area contributed by atoms with Crippen molar-refractivity contribution in [2.75, 3.05) is 26.2 Å². The molecular weight excluding hydrogens is 300 g/mol. The Morgan fingerprint density at radius 3 is 2.62 bits per heavy atom. The van der Waals surface area contributed by atoms with Gasteiger partial charge in [0.25, 0.3) is 0 Å². The molecule has 0 unspecified atom stereocenters. The smallest absolute Gasteiger partial charge is 0.224 e. The topological polar surface area (TPSA) is 41.4 Å². The van der Waals surface area contributed by atoms with Gasteiger partial charge in [0.1, 0.15) is 5.82 Å². The van der Waals surface area contributed by atoms with Crippen LogP contribution in [0.25, 0.3) is 0 Å². The number of amides is 1. The van der Waals surface area contributed by atoms with Gasteiger partial charge >= 0.3 is 0 Å². The van der Waals surface area contributed by atoms with Crippen molar-refractivity contribution >= 4 is 5.91 Å². The zero-order chi connectivity index (χ0) is 16.9. The number of imidazole rings is 1. The van der Waals surface area contributed by atoms with Crippen LogP contribution in [0.4, 0.5) is 0 Å². The molecule has 5 nitrogen and oxygen atoms in total. The SMILES string of the molecule is Cc1cccc(CN2CCN(C(=O)CCn3ccnc3C)CC2)c1. The predicted molar refractivity (Wildman–Crippen MR) is 94.6 cm³/mol. The molecule has 0 spiro atoms. The van der Waals surface area contributed by atoms with Crippen LogP contribution in [0.1, 0.15) is 23.4 Å². The quantitative estimate of drug-likeness (QED) is 0.846. The second-order valence-electron chi connectivity index (χ2n) is 6.56. The largest absolute Gasteiger partial charge is 0.340 e. The summed E-state index contributed by atoms with van der Waals surface area (Å²) >= 11 is 0. The fourth-order valence-corrected chi connectivity index (χ4v) is 3.24. The standard InChI is InChI=1S/C19H26N4O/c1-16-4-3-5-18(14-16)15-21-10-12-23(13-11-21)19(24)6-8-22-9-7-20-17(22)2/h3-5,7,9,14H,6,8,10-13,15H2,1-2H3. The number of aryl methyl sites for hydroxylation is 3. The number of piperazine rings is 1. The van der Waals surface area contributed by atoms with Crippen molar-refractivity contribution in [3.63, 3.8) is 0 Å². The first-order valence-electron chi connectivity index (χ1n) is 8.65. The van der Waals surface area contributed by atoms with Gasteiger partial charge in [0.2, 0.25) is 5.91 Å². The van der Waals surface area contributed by atoms with E-state index in [0.717, 1.165) is 38.5 Å². The fourth-order valence-electron chi connectivity index (χ4n) is 3.24. The van der Waals surface area contributed by atoms with Gasteiger partial charge in [-0.25, -0.2) is 4.98 Å². The molecule has 1 fully saturated rings. The van der Waals surface area contributed by atoms with Gasteiger partial charge in [0, 0.05) is 58.1 Å². The number of nitrogens with zero attached hydrogens (tertiary/aromatic N) is 4. The number of carbonyl (C=O) groups is 1. The van der Waals surface area contributed by atoms with Crippen LogP contribution >= 0.6 is 0 Å². The Balaban J connectivity index is 1.44. The van der Waals surface area contributed by atoms with E-state index >= 15 is 0 Å². The lowest BCUT2D eigenvalue weighted by Gasteiger charge is -2.35. The van der Waals surface area contributed by atoms with Crippen molar-refractivity contribution in [2.45, 2.75) is 33.4 Å². The first-order valence-corrected chi connectivity index (χ1v) is 8.65. The Morgan fingerprint density at radius 2 is 1.96 bits per heavy atom. The zero-order valence-corrected chi connectivity index (χ0v) is 14.6. The van der Waals surface area contributed by atoms with Crippen molar-refractivity contribution in [1.29, 1.82) is 0 Å². The highest BCUT2D eigenvalue weighted by atomic mass is 16.2. The fraction of sp³-hybridized carbons (Fsp3) is 0.474. The number of benzene rings is 1. The van der Waals surface area contributed by atoms with Gasteiger partial charge in [-0.05, 0) is 19.4 Å². The lowest BCUT2D eigenvalue weighted by Crippen LogP contribution is -2.48. The summed E-state index contributed by atoms with van der Waals surface area (Å²) in [5, 5.41) is 0. The highest BCUT2D eigenvalue weighted by Crippen LogP contribution is 2.11. The minimum absolute atomic E-state index is 0.248. The molecule has 1 saturated heterocycles. The monoisotopic (exact) mass is 326 g/mol. The molecule has 128 valence electrons. The third kappa shape index (κ3) is 4.23. The third-order valence-corrected chi connectivity index (χ3v) is 4.70. The second kappa shape index (κ2) is 7.62. The van der Waals surface area contributed by atoms with E-state index in [1.165, 1.54) is 11.1 Å². The molecular formula is C19H26N4O. The summed E-state index contributed by atoms with van der Waals surface area (Å²) < 4.78 is 2.03. The van der Waals surface area contributed by atoms with Gasteiger partial charge in [-0.2, -0.15) is 0 Å². The summed E-state index contributed by atoms with van der Waals surface area (Å²) in [6.07, 6.45) is 4.27. The van der Waals surface area contributed by atoms with Crippen LogP contribution < -0.4 is 0 Å². The molecule has 0 bridgehead atoms. The van der Waals surface area contributed by atoms with E-state index in [-0.39, 0.29) is 5.91 Å². The van der Waals surface area contributed by atoms with Gasteiger partial charge in [-0.3, -0.25) is 9.69 Å². The number of aromatic nitrogens is 2. The molecule has 0 N–H and O–H groups in total. The first-order chi connectivity index (χ1) is 11.6. The van der Waals surface area contributed by atoms with Crippen LogP contribution in [-0.2, 0) is 17.9 Å². The van der Waals surface area contributed by atoms with Crippen molar-refractivity contribution in [3.05, 3.63) is 53.6 Å². The third-order valence-electron chi connectivity index (χ3n) is 4.70. The van der Waals surface area contributed by atoms with E-state index in [1.807, 2.05) is 22.6 Å². The van der Waals surface area contributed by atoms with E-state index < -0.39 is 0 Å². The van der Waals surface area contributed by atoms with E-state index in [2.05, 4.69) is 41.1 Å². The normalized spacial score (nSPS) is 15.7. The molecule has 2 heterocycles. The predicted octanol–water partition coefficient (Wildman–Crippen LogP) is 2.23. The van der Waals surface area contributed by atoms with Gasteiger partial charge in [0.05, 0.1) is 0 Å². The molecule has 0 saturated carbocycles. The molecule has 1 aromatic heterocycles. The van der Waals surface area contributed by atoms with Crippen LogP contribution in [-0.4, -0.2) is 51.4 Å². The molecule has 24 heavy (non-hydrogen) atoms. The van der Waals surface area contributed by atoms with Crippen LogP contribution in [0.2, 0.25) is 0 Å². The van der Waals surface area contributed by atoms with Gasteiger partial charge in [-0.1, -0.05) is 29.8 Å². The van der Waals surface area contributed by atoms with E-state index in [4.69, 9.17) is 0 Å². The van der Waals surface area contributed by atoms with Gasteiger partial charge in [-0.15, -0.1) is 0 Å². The summed E-state index contributed by atoms with van der Waals surface area (Å²) in [6, 6.07) is 8.66. The molecule has 1 aromatic carbocycles. The number of hydrogen-bond donors (Lipinski definition) is 0. The molecule has 5 heteroatoms. The molecule has 1 amide bonds. The summed E-state index contributed by atoms with van der Waals surface area (Å²) in [4.78, 5) is 21.0. The van der Waals surface area contributed by atoms with Crippen molar-refractivity contribution in [2.24, 2.45) is 0 Å². The summed E-state index contributed by atoms with van der Waals surface area (Å²) in [6.45, 7) is 9.33. The maximum atomic E-state index is 12.4. The van der Waals surface area contributed by atoms with Gasteiger partial charge in [0.15, 0.2) is 0 Å². The lowest BCUT2D eigenvalue weighted by atomic mass is 10.1. The zero-order valence-electron chi connectivity index (χ0n) is 14.6. The molecule has 3 rings (SSSR count). The van der Waals surface area contributed by atoms with E-state index in [9.17, 15) is 4.79 Å². The van der Waals surface area contributed by atoms with Crippen molar-refractivity contribution in [1.82, 2.24) is 19.4 Å².